The molecule has 0 aliphatic carbocycles. The number of nitrogens with zero attached hydrogens (tertiary/aromatic N) is 5. The Morgan fingerprint density at radius 2 is 1.84 bits per heavy atom. The van der Waals surface area contributed by atoms with Gasteiger partial charge in [-0.1, -0.05) is 23.7 Å². The van der Waals surface area contributed by atoms with Crippen LogP contribution in [0.3, 0.4) is 0 Å². The first-order valence-electron chi connectivity index (χ1n) is 12.8. The predicted molar refractivity (Wildman–Crippen MR) is 143 cm³/mol. The third-order valence-electron chi connectivity index (χ3n) is 7.61. The molecule has 5 rings (SSSR count). The molecule has 196 valence electrons. The molecule has 1 atom stereocenters. The summed E-state index contributed by atoms with van der Waals surface area (Å²) in [5, 5.41) is 4.87. The summed E-state index contributed by atoms with van der Waals surface area (Å²) >= 11 is 6.12. The highest BCUT2D eigenvalue weighted by molar-refractivity contribution is 6.30. The molecule has 1 unspecified atom stereocenters. The van der Waals surface area contributed by atoms with Gasteiger partial charge in [0, 0.05) is 57.0 Å². The number of carbonyl (C=O) groups excluding carboxylic acids is 2. The van der Waals surface area contributed by atoms with E-state index in [0.717, 1.165) is 68.0 Å². The van der Waals surface area contributed by atoms with Crippen molar-refractivity contribution in [1.82, 2.24) is 30.1 Å². The molecule has 10 nitrogen and oxygen atoms in total. The highest BCUT2D eigenvalue weighted by Gasteiger charge is 2.39. The Labute approximate surface area is 221 Å². The first-order chi connectivity index (χ1) is 17.9. The van der Waals surface area contributed by atoms with Crippen molar-refractivity contribution in [1.29, 1.82) is 0 Å². The first kappa shape index (κ1) is 25.4. The smallest absolute Gasteiger partial charge is 0.240 e. The summed E-state index contributed by atoms with van der Waals surface area (Å²) < 4.78 is 0. The van der Waals surface area contributed by atoms with E-state index in [1.165, 1.54) is 0 Å². The highest BCUT2D eigenvalue weighted by atomic mass is 35.5. The van der Waals surface area contributed by atoms with E-state index in [-0.39, 0.29) is 11.9 Å². The molecule has 4 heterocycles. The van der Waals surface area contributed by atoms with Crippen molar-refractivity contribution in [3.05, 3.63) is 53.4 Å². The molecule has 2 amide bonds. The maximum absolute atomic E-state index is 13.5. The van der Waals surface area contributed by atoms with Crippen LogP contribution in [0.1, 0.15) is 30.9 Å². The molecule has 2 aliphatic heterocycles. The van der Waals surface area contributed by atoms with Gasteiger partial charge in [-0.2, -0.15) is 0 Å². The Morgan fingerprint density at radius 1 is 1.11 bits per heavy atom. The number of fused-ring (bicyclic) bond motifs is 1. The van der Waals surface area contributed by atoms with Gasteiger partial charge in [0.05, 0.1) is 17.0 Å². The average molecular weight is 525 g/mol. The first-order valence-corrected chi connectivity index (χ1v) is 13.1. The van der Waals surface area contributed by atoms with Crippen LogP contribution in [-0.2, 0) is 9.59 Å². The van der Waals surface area contributed by atoms with Crippen molar-refractivity contribution in [2.75, 3.05) is 50.7 Å². The number of aromatic amines is 1. The van der Waals surface area contributed by atoms with Crippen LogP contribution in [0.4, 0.5) is 5.82 Å². The van der Waals surface area contributed by atoms with Crippen molar-refractivity contribution in [2.24, 2.45) is 5.73 Å². The lowest BCUT2D eigenvalue weighted by Gasteiger charge is -2.39. The summed E-state index contributed by atoms with van der Waals surface area (Å²) in [7, 11) is 0. The molecule has 2 saturated heterocycles. The van der Waals surface area contributed by atoms with Crippen molar-refractivity contribution in [3.8, 4) is 0 Å². The fourth-order valence-corrected chi connectivity index (χ4v) is 5.30. The lowest BCUT2D eigenvalue weighted by atomic mass is 9.87. The number of hydrogen-bond acceptors (Lipinski definition) is 7. The number of nitrogens with one attached hydrogen (secondary N) is 2. The molecule has 1 aromatic carbocycles. The molecule has 0 radical (unpaired) electrons. The topological polar surface area (TPSA) is 123 Å². The van der Waals surface area contributed by atoms with Gasteiger partial charge in [-0.3, -0.25) is 14.5 Å². The largest absolute Gasteiger partial charge is 0.356 e. The fourth-order valence-electron chi connectivity index (χ4n) is 5.18. The number of nitrogens with two attached hydrogens (primary N) is 1. The van der Waals surface area contributed by atoms with Gasteiger partial charge in [0.2, 0.25) is 12.3 Å². The van der Waals surface area contributed by atoms with Gasteiger partial charge < -0.3 is 25.8 Å². The second kappa shape index (κ2) is 11.0. The Balaban J connectivity index is 1.23. The molecule has 0 saturated carbocycles. The van der Waals surface area contributed by atoms with Crippen LogP contribution in [-0.4, -0.2) is 88.4 Å². The summed E-state index contributed by atoms with van der Waals surface area (Å²) in [6, 6.07) is 9.39. The van der Waals surface area contributed by atoms with Crippen molar-refractivity contribution in [3.63, 3.8) is 0 Å². The zero-order valence-corrected chi connectivity index (χ0v) is 21.5. The molecule has 3 aromatic rings. The van der Waals surface area contributed by atoms with Gasteiger partial charge >= 0.3 is 0 Å². The summed E-state index contributed by atoms with van der Waals surface area (Å²) in [4.78, 5) is 42.7. The van der Waals surface area contributed by atoms with Crippen molar-refractivity contribution in [2.45, 2.75) is 30.8 Å². The maximum Gasteiger partial charge on any atom is 0.240 e. The van der Waals surface area contributed by atoms with E-state index in [0.29, 0.717) is 31.0 Å². The molecule has 2 aliphatic rings. The van der Waals surface area contributed by atoms with E-state index in [4.69, 9.17) is 17.3 Å². The number of rotatable bonds is 8. The van der Waals surface area contributed by atoms with E-state index < -0.39 is 5.54 Å². The molecule has 2 fully saturated rings. The summed E-state index contributed by atoms with van der Waals surface area (Å²) in [6.07, 6.45) is 6.10. The van der Waals surface area contributed by atoms with Crippen LogP contribution in [0, 0.1) is 0 Å². The van der Waals surface area contributed by atoms with E-state index in [1.807, 2.05) is 36.5 Å². The molecule has 0 spiro atoms. The Morgan fingerprint density at radius 3 is 2.54 bits per heavy atom. The standard InChI is InChI=1S/C26H33ClN8O2/c27-20-3-1-19(2-4-20)22(6-10-33-13-15-34(18-36)16-14-33)32-25(37)26(28)7-11-35(12-8-26)24-21-5-9-29-23(21)30-17-31-24/h1-5,9,17-18,22H,6-8,10-16,28H2,(H,32,37)(H,29,30,31). The maximum atomic E-state index is 13.5. The monoisotopic (exact) mass is 524 g/mol. The number of aromatic nitrogens is 3. The predicted octanol–water partition coefficient (Wildman–Crippen LogP) is 1.93. The highest BCUT2D eigenvalue weighted by Crippen LogP contribution is 2.29. The normalized spacial score (nSPS) is 19.1. The van der Waals surface area contributed by atoms with Gasteiger partial charge in [0.1, 0.15) is 17.8 Å². The van der Waals surface area contributed by atoms with Crippen LogP contribution in [0.2, 0.25) is 5.02 Å². The van der Waals surface area contributed by atoms with Crippen molar-refractivity contribution >= 4 is 40.8 Å². The van der Waals surface area contributed by atoms with Crippen LogP contribution in [0.25, 0.3) is 11.0 Å². The van der Waals surface area contributed by atoms with Gasteiger partial charge in [-0.05, 0) is 43.0 Å². The number of H-pyrrole nitrogens is 1. The number of halogens is 1. The minimum atomic E-state index is -0.957. The summed E-state index contributed by atoms with van der Waals surface area (Å²) in [5.41, 5.74) is 7.55. The molecule has 0 bridgehead atoms. The van der Waals surface area contributed by atoms with Crippen LogP contribution in [0.5, 0.6) is 0 Å². The van der Waals surface area contributed by atoms with Gasteiger partial charge in [-0.25, -0.2) is 9.97 Å². The summed E-state index contributed by atoms with van der Waals surface area (Å²) in [6.45, 7) is 5.19. The second-order valence-corrected chi connectivity index (χ2v) is 10.4. The molecule has 4 N–H and O–H groups in total. The van der Waals surface area contributed by atoms with Gasteiger partial charge in [0.25, 0.3) is 0 Å². The van der Waals surface area contributed by atoms with E-state index in [9.17, 15) is 9.59 Å². The number of amides is 2. The van der Waals surface area contributed by atoms with Crippen LogP contribution >= 0.6 is 11.6 Å². The number of benzene rings is 1. The lowest BCUT2D eigenvalue weighted by Crippen LogP contribution is -2.60. The average Bonchev–Trinajstić information content (AvgIpc) is 3.41. The molecule has 37 heavy (non-hydrogen) atoms. The molecular formula is C26H33ClN8O2. The van der Waals surface area contributed by atoms with Crippen LogP contribution < -0.4 is 16.0 Å². The van der Waals surface area contributed by atoms with Crippen molar-refractivity contribution < 1.29 is 9.59 Å². The number of anilines is 1. The number of carbonyl (C=O) groups is 2. The third-order valence-corrected chi connectivity index (χ3v) is 7.86. The zero-order valence-electron chi connectivity index (χ0n) is 20.8. The van der Waals surface area contributed by atoms with E-state index in [2.05, 4.69) is 30.1 Å². The number of piperazine rings is 1. The molecule has 2 aromatic heterocycles. The third kappa shape index (κ3) is 5.71. The SMILES string of the molecule is NC1(C(=O)NC(CCN2CCN(C=O)CC2)c2ccc(Cl)cc2)CCN(c2ncnc3[nH]ccc23)CC1. The van der Waals surface area contributed by atoms with Gasteiger partial charge in [-0.15, -0.1) is 0 Å². The second-order valence-electron chi connectivity index (χ2n) is 9.93. The summed E-state index contributed by atoms with van der Waals surface area (Å²) in [5.74, 6) is 0.731. The van der Waals surface area contributed by atoms with E-state index in [1.54, 1.807) is 11.2 Å². The number of hydrogen-bond donors (Lipinski definition) is 3. The Bertz CT molecular complexity index is 1220. The van der Waals surface area contributed by atoms with E-state index >= 15 is 0 Å². The Kier molecular flexibility index (Phi) is 7.59. The van der Waals surface area contributed by atoms with Gasteiger partial charge in [0.15, 0.2) is 0 Å². The number of piperidine rings is 1. The minimum absolute atomic E-state index is 0.132. The quantitative estimate of drug-likeness (QED) is 0.385. The zero-order chi connectivity index (χ0) is 25.8. The minimum Gasteiger partial charge on any atom is -0.356 e. The molecular weight excluding hydrogens is 492 g/mol. The Hall–Kier alpha value is -3.21. The fraction of sp³-hybridized carbons (Fsp3) is 0.462. The lowest BCUT2D eigenvalue weighted by molar-refractivity contribution is -0.128. The van der Waals surface area contributed by atoms with Crippen LogP contribution in [0.15, 0.2) is 42.9 Å². The molecule has 11 heteroatoms.